The number of aromatic nitrogens is 5. The minimum Gasteiger partial charge on any atom is -0.336 e. The topological polar surface area (TPSA) is 80.9 Å². The Morgan fingerprint density at radius 3 is 2.89 bits per heavy atom. The molecule has 1 aromatic carbocycles. The lowest BCUT2D eigenvalue weighted by molar-refractivity contribution is 0.0614. The maximum atomic E-state index is 13.3. The van der Waals surface area contributed by atoms with E-state index in [0.717, 1.165) is 12.4 Å². The van der Waals surface area contributed by atoms with E-state index < -0.39 is 0 Å². The van der Waals surface area contributed by atoms with Crippen LogP contribution in [0.25, 0.3) is 5.69 Å². The van der Waals surface area contributed by atoms with E-state index in [1.165, 1.54) is 0 Å². The molecule has 1 aliphatic heterocycles. The van der Waals surface area contributed by atoms with Crippen LogP contribution in [0.4, 0.5) is 0 Å². The van der Waals surface area contributed by atoms with Crippen LogP contribution in [0, 0.1) is 6.92 Å². The number of nitrogens with zero attached hydrogens (tertiary/aromatic N) is 6. The van der Waals surface area contributed by atoms with Gasteiger partial charge in [0.05, 0.1) is 16.4 Å². The molecule has 1 amide bonds. The molecule has 1 saturated heterocycles. The van der Waals surface area contributed by atoms with E-state index >= 15 is 0 Å². The zero-order valence-electron chi connectivity index (χ0n) is 15.1. The van der Waals surface area contributed by atoms with Crippen molar-refractivity contribution in [1.82, 2.24) is 34.8 Å². The largest absolute Gasteiger partial charge is 0.336 e. The lowest BCUT2D eigenvalue weighted by atomic mass is 10.1. The highest BCUT2D eigenvalue weighted by Gasteiger charge is 2.33. The molecule has 0 saturated carbocycles. The van der Waals surface area contributed by atoms with Crippen LogP contribution in [0.15, 0.2) is 36.7 Å². The zero-order valence-corrected chi connectivity index (χ0v) is 15.9. The molecule has 0 radical (unpaired) electrons. The van der Waals surface area contributed by atoms with E-state index in [4.69, 9.17) is 11.6 Å². The molecular weight excluding hydrogens is 366 g/mol. The summed E-state index contributed by atoms with van der Waals surface area (Å²) in [4.78, 5) is 19.5. The maximum absolute atomic E-state index is 13.3. The molecule has 0 aliphatic carbocycles. The fourth-order valence-electron chi connectivity index (χ4n) is 3.39. The number of amides is 1. The number of rotatable bonds is 3. The molecule has 3 aromatic rings. The van der Waals surface area contributed by atoms with Gasteiger partial charge in [0.1, 0.15) is 11.9 Å². The maximum Gasteiger partial charge on any atom is 0.277 e. The van der Waals surface area contributed by atoms with Crippen LogP contribution in [0.5, 0.6) is 0 Å². The normalized spacial score (nSPS) is 17.3. The van der Waals surface area contributed by atoms with Gasteiger partial charge in [-0.25, -0.2) is 9.67 Å². The van der Waals surface area contributed by atoms with Crippen molar-refractivity contribution in [1.29, 1.82) is 0 Å². The number of nitrogens with one attached hydrogen (secondary N) is 1. The average molecular weight is 386 g/mol. The first-order valence-electron chi connectivity index (χ1n) is 8.74. The Morgan fingerprint density at radius 2 is 2.15 bits per heavy atom. The summed E-state index contributed by atoms with van der Waals surface area (Å²) in [5.74, 6) is 0.687. The summed E-state index contributed by atoms with van der Waals surface area (Å²) in [7, 11) is 1.93. The summed E-state index contributed by atoms with van der Waals surface area (Å²) in [6, 6.07) is 7.20. The second kappa shape index (κ2) is 7.13. The number of carbonyl (C=O) groups is 1. The third-order valence-electron chi connectivity index (χ3n) is 4.84. The van der Waals surface area contributed by atoms with Crippen molar-refractivity contribution in [2.45, 2.75) is 13.0 Å². The Labute approximate surface area is 161 Å². The van der Waals surface area contributed by atoms with Gasteiger partial charge in [0.15, 0.2) is 5.69 Å². The van der Waals surface area contributed by atoms with E-state index in [1.807, 2.05) is 47.8 Å². The standard InChI is InChI=1S/C18H20ClN7O/c1-12-16(22-23-26(12)14-6-4-3-5-13(14)19)18(27)25-10-7-20-11-15(25)17-21-8-9-24(17)2/h3-6,8-9,15,20H,7,10-11H2,1-2H3. The molecular formula is C18H20ClN7O. The molecule has 1 atom stereocenters. The van der Waals surface area contributed by atoms with Gasteiger partial charge in [0.25, 0.3) is 5.91 Å². The molecule has 3 heterocycles. The Kier molecular flexibility index (Phi) is 4.67. The summed E-state index contributed by atoms with van der Waals surface area (Å²) in [6.07, 6.45) is 3.62. The van der Waals surface area contributed by atoms with Crippen LogP contribution in [-0.2, 0) is 7.05 Å². The Morgan fingerprint density at radius 1 is 1.33 bits per heavy atom. The molecule has 1 fully saturated rings. The lowest BCUT2D eigenvalue weighted by Gasteiger charge is -2.35. The first-order chi connectivity index (χ1) is 13.1. The van der Waals surface area contributed by atoms with Crippen LogP contribution < -0.4 is 5.32 Å². The molecule has 0 bridgehead atoms. The molecule has 8 nitrogen and oxygen atoms in total. The summed E-state index contributed by atoms with van der Waals surface area (Å²) in [6.45, 7) is 3.78. The van der Waals surface area contributed by atoms with Crippen molar-refractivity contribution >= 4 is 17.5 Å². The highest BCUT2D eigenvalue weighted by atomic mass is 35.5. The first-order valence-corrected chi connectivity index (χ1v) is 9.12. The second-order valence-corrected chi connectivity index (χ2v) is 6.91. The second-order valence-electron chi connectivity index (χ2n) is 6.50. The predicted octanol–water partition coefficient (Wildman–Crippen LogP) is 1.75. The van der Waals surface area contributed by atoms with Crippen LogP contribution in [0.1, 0.15) is 28.0 Å². The van der Waals surface area contributed by atoms with Gasteiger partial charge < -0.3 is 14.8 Å². The SMILES string of the molecule is Cc1c(C(=O)N2CCNCC2c2nccn2C)nnn1-c1ccccc1Cl. The van der Waals surface area contributed by atoms with Crippen molar-refractivity contribution < 1.29 is 4.79 Å². The Bertz CT molecular complexity index is 980. The van der Waals surface area contributed by atoms with E-state index in [9.17, 15) is 4.79 Å². The Balaban J connectivity index is 1.68. The van der Waals surface area contributed by atoms with E-state index in [2.05, 4.69) is 20.6 Å². The van der Waals surface area contributed by atoms with Gasteiger partial charge in [-0.15, -0.1) is 5.10 Å². The number of piperazine rings is 1. The van der Waals surface area contributed by atoms with E-state index in [1.54, 1.807) is 16.9 Å². The van der Waals surface area contributed by atoms with Gasteiger partial charge >= 0.3 is 0 Å². The smallest absolute Gasteiger partial charge is 0.277 e. The van der Waals surface area contributed by atoms with Gasteiger partial charge in [-0.1, -0.05) is 28.9 Å². The van der Waals surface area contributed by atoms with E-state index in [-0.39, 0.29) is 11.9 Å². The zero-order chi connectivity index (χ0) is 19.0. The number of hydrogen-bond acceptors (Lipinski definition) is 5. The predicted molar refractivity (Wildman–Crippen MR) is 101 cm³/mol. The van der Waals surface area contributed by atoms with Crippen molar-refractivity contribution in [3.8, 4) is 5.69 Å². The average Bonchev–Trinajstić information content (AvgIpc) is 3.27. The van der Waals surface area contributed by atoms with Crippen molar-refractivity contribution in [3.05, 3.63) is 58.9 Å². The third kappa shape index (κ3) is 3.11. The quantitative estimate of drug-likeness (QED) is 0.742. The fraction of sp³-hybridized carbons (Fsp3) is 0.333. The molecule has 1 aliphatic rings. The molecule has 1 unspecified atom stereocenters. The van der Waals surface area contributed by atoms with Gasteiger partial charge in [0.2, 0.25) is 0 Å². The van der Waals surface area contributed by atoms with Crippen molar-refractivity contribution in [2.24, 2.45) is 7.05 Å². The highest BCUT2D eigenvalue weighted by Crippen LogP contribution is 2.25. The number of halogens is 1. The summed E-state index contributed by atoms with van der Waals surface area (Å²) < 4.78 is 3.54. The number of benzene rings is 1. The number of imidazole rings is 1. The van der Waals surface area contributed by atoms with Crippen LogP contribution in [-0.4, -0.2) is 55.0 Å². The van der Waals surface area contributed by atoms with Crippen LogP contribution >= 0.6 is 11.6 Å². The monoisotopic (exact) mass is 385 g/mol. The van der Waals surface area contributed by atoms with Gasteiger partial charge in [-0.05, 0) is 19.1 Å². The summed E-state index contributed by atoms with van der Waals surface area (Å²) in [5, 5.41) is 12.2. The number of carbonyl (C=O) groups excluding carboxylic acids is 1. The number of para-hydroxylation sites is 1. The Hall–Kier alpha value is -2.71. The minimum absolute atomic E-state index is 0.152. The van der Waals surface area contributed by atoms with Gasteiger partial charge in [-0.2, -0.15) is 0 Å². The summed E-state index contributed by atoms with van der Waals surface area (Å²) in [5.41, 5.74) is 1.69. The molecule has 9 heteroatoms. The number of hydrogen-bond donors (Lipinski definition) is 1. The number of aryl methyl sites for hydroxylation is 1. The molecule has 1 N–H and O–H groups in total. The molecule has 0 spiro atoms. The first kappa shape index (κ1) is 17.7. The molecule has 27 heavy (non-hydrogen) atoms. The van der Waals surface area contributed by atoms with Crippen LogP contribution in [0.3, 0.4) is 0 Å². The highest BCUT2D eigenvalue weighted by molar-refractivity contribution is 6.32. The molecule has 140 valence electrons. The molecule has 4 rings (SSSR count). The third-order valence-corrected chi connectivity index (χ3v) is 5.16. The summed E-state index contributed by atoms with van der Waals surface area (Å²) >= 11 is 6.27. The fourth-order valence-corrected chi connectivity index (χ4v) is 3.61. The van der Waals surface area contributed by atoms with Crippen molar-refractivity contribution in [2.75, 3.05) is 19.6 Å². The molecule has 2 aromatic heterocycles. The van der Waals surface area contributed by atoms with E-state index in [0.29, 0.717) is 35.2 Å². The van der Waals surface area contributed by atoms with Gasteiger partial charge in [0, 0.05) is 39.1 Å². The van der Waals surface area contributed by atoms with Crippen LogP contribution in [0.2, 0.25) is 5.02 Å². The lowest BCUT2D eigenvalue weighted by Crippen LogP contribution is -2.49. The van der Waals surface area contributed by atoms with Crippen molar-refractivity contribution in [3.63, 3.8) is 0 Å². The minimum atomic E-state index is -0.156. The van der Waals surface area contributed by atoms with Gasteiger partial charge in [-0.3, -0.25) is 4.79 Å².